The van der Waals surface area contributed by atoms with Gasteiger partial charge < -0.3 is 15.4 Å². The minimum Gasteiger partial charge on any atom is -0.372 e. The van der Waals surface area contributed by atoms with Crippen LogP contribution in [0, 0.1) is 6.92 Å². The van der Waals surface area contributed by atoms with E-state index in [1.807, 2.05) is 25.4 Å². The van der Waals surface area contributed by atoms with Gasteiger partial charge in [0.05, 0.1) is 48.2 Å². The van der Waals surface area contributed by atoms with Gasteiger partial charge in [-0.05, 0) is 30.7 Å². The Labute approximate surface area is 206 Å². The summed E-state index contributed by atoms with van der Waals surface area (Å²) in [5.41, 5.74) is 4.01. The maximum atomic E-state index is 13.0. The van der Waals surface area contributed by atoms with Crippen molar-refractivity contribution in [1.29, 1.82) is 0 Å². The second-order valence-electron chi connectivity index (χ2n) is 9.24. The topological polar surface area (TPSA) is 132 Å². The summed E-state index contributed by atoms with van der Waals surface area (Å²) in [6, 6.07) is 5.42. The van der Waals surface area contributed by atoms with Crippen molar-refractivity contribution in [3.8, 4) is 11.1 Å². The van der Waals surface area contributed by atoms with E-state index in [4.69, 9.17) is 4.74 Å². The average molecular weight is 488 g/mol. The minimum atomic E-state index is -0.433. The van der Waals surface area contributed by atoms with Crippen molar-refractivity contribution >= 4 is 28.8 Å². The highest BCUT2D eigenvalue weighted by atomic mass is 16.5. The third-order valence-corrected chi connectivity index (χ3v) is 6.47. The predicted molar refractivity (Wildman–Crippen MR) is 130 cm³/mol. The molecule has 36 heavy (non-hydrogen) atoms. The Bertz CT molecular complexity index is 1460. The molecule has 2 amide bonds. The lowest BCUT2D eigenvalue weighted by Gasteiger charge is -2.46. The Kier molecular flexibility index (Phi) is 5.46. The molecule has 2 unspecified atom stereocenters. The number of rotatable bonds is 6. The molecule has 3 aliphatic heterocycles. The molecule has 12 nitrogen and oxygen atoms in total. The second-order valence-corrected chi connectivity index (χ2v) is 9.24. The van der Waals surface area contributed by atoms with E-state index in [0.717, 1.165) is 30.6 Å². The quantitative estimate of drug-likeness (QED) is 0.418. The fourth-order valence-electron chi connectivity index (χ4n) is 4.67. The van der Waals surface area contributed by atoms with Crippen LogP contribution in [-0.4, -0.2) is 77.9 Å². The number of hydrogen-bond donors (Lipinski definition) is 2. The Hall–Kier alpha value is -4.16. The lowest BCUT2D eigenvalue weighted by molar-refractivity contribution is -0.181. The molecule has 0 radical (unpaired) electrons. The van der Waals surface area contributed by atoms with Crippen LogP contribution in [0.15, 0.2) is 43.0 Å². The summed E-state index contributed by atoms with van der Waals surface area (Å²) in [6.45, 7) is 3.61. The number of carbonyl (C=O) groups is 2. The fourth-order valence-corrected chi connectivity index (χ4v) is 4.67. The van der Waals surface area contributed by atoms with Gasteiger partial charge in [-0.15, -0.1) is 10.2 Å². The smallest absolute Gasteiger partial charge is 0.294 e. The van der Waals surface area contributed by atoms with Gasteiger partial charge in [0.2, 0.25) is 11.7 Å². The number of morpholine rings is 1. The highest BCUT2D eigenvalue weighted by Gasteiger charge is 2.38. The van der Waals surface area contributed by atoms with Crippen molar-refractivity contribution < 1.29 is 14.3 Å². The zero-order chi connectivity index (χ0) is 24.8. The number of fused-ring (bicyclic) bond motifs is 3. The number of piperidine rings is 1. The highest BCUT2D eigenvalue weighted by Crippen LogP contribution is 2.28. The normalized spacial score (nSPS) is 19.2. The molecule has 7 heterocycles. The number of hydrogen-bond acceptors (Lipinski definition) is 8. The molecular formula is C24H25N9O3. The number of aryl methyl sites for hydroxylation is 2. The van der Waals surface area contributed by atoms with E-state index in [0.29, 0.717) is 29.3 Å². The average Bonchev–Trinajstić information content (AvgIpc) is 3.46. The third-order valence-electron chi connectivity index (χ3n) is 6.47. The maximum absolute atomic E-state index is 13.0. The zero-order valence-electron chi connectivity index (χ0n) is 19.9. The molecule has 0 aromatic carbocycles. The molecule has 12 heteroatoms. The van der Waals surface area contributed by atoms with Gasteiger partial charge in [0, 0.05) is 44.5 Å². The maximum Gasteiger partial charge on any atom is 0.294 e. The fraction of sp³-hybridized carbons (Fsp3) is 0.333. The molecule has 3 aliphatic rings. The van der Waals surface area contributed by atoms with E-state index in [1.165, 1.54) is 0 Å². The van der Waals surface area contributed by atoms with E-state index < -0.39 is 5.91 Å². The first-order valence-electron chi connectivity index (χ1n) is 11.7. The molecule has 3 saturated heterocycles. The number of carbonyl (C=O) groups excluding carboxylic acids is 2. The van der Waals surface area contributed by atoms with Gasteiger partial charge in [-0.3, -0.25) is 28.6 Å². The standard InChI is InChI=1S/C24H25N9O3/c1-14-20(6-17(9-25-14)27-22(34)13-32-11-18-7-19(12-32)36-18)28-24(35)23-30-29-21-5-15(3-4-33(21)23)16-8-26-31(2)10-16/h3-6,8-10,18-19H,7,11-13H2,1-2H3,(H,27,34)(H,28,35). The van der Waals surface area contributed by atoms with Crippen LogP contribution in [0.4, 0.5) is 11.4 Å². The van der Waals surface area contributed by atoms with E-state index in [9.17, 15) is 9.59 Å². The molecule has 184 valence electrons. The summed E-state index contributed by atoms with van der Waals surface area (Å²) in [5.74, 6) is -0.424. The zero-order valence-corrected chi connectivity index (χ0v) is 19.9. The molecule has 0 spiro atoms. The van der Waals surface area contributed by atoms with Crippen molar-refractivity contribution in [2.45, 2.75) is 25.6 Å². The van der Waals surface area contributed by atoms with E-state index in [2.05, 4.69) is 35.8 Å². The van der Waals surface area contributed by atoms with Crippen molar-refractivity contribution in [2.24, 2.45) is 7.05 Å². The second kappa shape index (κ2) is 8.81. The molecule has 7 rings (SSSR count). The number of amides is 2. The number of nitrogens with one attached hydrogen (secondary N) is 2. The monoisotopic (exact) mass is 487 g/mol. The van der Waals surface area contributed by atoms with Crippen LogP contribution in [0.2, 0.25) is 0 Å². The van der Waals surface area contributed by atoms with Gasteiger partial charge in [-0.25, -0.2) is 0 Å². The lowest BCUT2D eigenvalue weighted by Crippen LogP contribution is -2.58. The third kappa shape index (κ3) is 4.32. The summed E-state index contributed by atoms with van der Waals surface area (Å²) >= 11 is 0. The number of nitrogens with zero attached hydrogens (tertiary/aromatic N) is 7. The van der Waals surface area contributed by atoms with Crippen LogP contribution < -0.4 is 10.6 Å². The van der Waals surface area contributed by atoms with Gasteiger partial charge in [-0.1, -0.05) is 0 Å². The summed E-state index contributed by atoms with van der Waals surface area (Å²) < 4.78 is 8.96. The van der Waals surface area contributed by atoms with Crippen LogP contribution in [0.3, 0.4) is 0 Å². The molecule has 2 bridgehead atoms. The van der Waals surface area contributed by atoms with Crippen LogP contribution in [0.1, 0.15) is 22.7 Å². The molecule has 2 atom stereocenters. The SMILES string of the molecule is Cc1ncc(NC(=O)CN2CC3CC(C2)O3)cc1NC(=O)c1nnc2cc(-c3cnn(C)c3)ccn12. The first kappa shape index (κ1) is 22.3. The molecule has 2 N–H and O–H groups in total. The molecule has 0 saturated carbocycles. The van der Waals surface area contributed by atoms with Gasteiger partial charge in [-0.2, -0.15) is 5.10 Å². The van der Waals surface area contributed by atoms with Crippen molar-refractivity contribution in [3.05, 3.63) is 54.5 Å². The van der Waals surface area contributed by atoms with Gasteiger partial charge >= 0.3 is 0 Å². The van der Waals surface area contributed by atoms with Crippen molar-refractivity contribution in [1.82, 2.24) is 34.3 Å². The summed E-state index contributed by atoms with van der Waals surface area (Å²) in [6.07, 6.45) is 8.57. The molecule has 3 fully saturated rings. The van der Waals surface area contributed by atoms with Crippen LogP contribution >= 0.6 is 0 Å². The van der Waals surface area contributed by atoms with E-state index >= 15 is 0 Å². The van der Waals surface area contributed by atoms with Crippen molar-refractivity contribution in [2.75, 3.05) is 30.3 Å². The van der Waals surface area contributed by atoms with Crippen LogP contribution in [0.25, 0.3) is 16.8 Å². The Morgan fingerprint density at radius 2 is 1.92 bits per heavy atom. The number of aromatic nitrogens is 6. The Balaban J connectivity index is 1.15. The first-order valence-corrected chi connectivity index (χ1v) is 11.7. The first-order chi connectivity index (χ1) is 17.4. The highest BCUT2D eigenvalue weighted by molar-refractivity contribution is 6.03. The number of pyridine rings is 2. The van der Waals surface area contributed by atoms with Crippen LogP contribution in [-0.2, 0) is 16.6 Å². The molecule has 4 aromatic rings. The summed E-state index contributed by atoms with van der Waals surface area (Å²) in [7, 11) is 1.85. The van der Waals surface area contributed by atoms with Gasteiger partial charge in [0.1, 0.15) is 0 Å². The summed E-state index contributed by atoms with van der Waals surface area (Å²) in [5, 5.41) is 18.1. The number of ether oxygens (including phenoxy) is 1. The Morgan fingerprint density at radius 1 is 1.11 bits per heavy atom. The van der Waals surface area contributed by atoms with Gasteiger partial charge in [0.15, 0.2) is 5.65 Å². The minimum absolute atomic E-state index is 0.132. The van der Waals surface area contributed by atoms with Crippen molar-refractivity contribution in [3.63, 3.8) is 0 Å². The van der Waals surface area contributed by atoms with E-state index in [1.54, 1.807) is 40.7 Å². The molecular weight excluding hydrogens is 462 g/mol. The van der Waals surface area contributed by atoms with Crippen LogP contribution in [0.5, 0.6) is 0 Å². The summed E-state index contributed by atoms with van der Waals surface area (Å²) in [4.78, 5) is 32.0. The van der Waals surface area contributed by atoms with Gasteiger partial charge in [0.25, 0.3) is 5.91 Å². The lowest BCUT2D eigenvalue weighted by atomic mass is 9.99. The number of anilines is 2. The molecule has 0 aliphatic carbocycles. The van der Waals surface area contributed by atoms with E-state index in [-0.39, 0.29) is 23.9 Å². The predicted octanol–water partition coefficient (Wildman–Crippen LogP) is 1.50. The Morgan fingerprint density at radius 3 is 2.67 bits per heavy atom. The largest absolute Gasteiger partial charge is 0.372 e. The molecule has 4 aromatic heterocycles.